The van der Waals surface area contributed by atoms with Crippen molar-refractivity contribution in [2.75, 3.05) is 32.4 Å². The zero-order valence-electron chi connectivity index (χ0n) is 10.0. The smallest absolute Gasteiger partial charge is 0.272 e. The summed E-state index contributed by atoms with van der Waals surface area (Å²) < 4.78 is 0. The summed E-state index contributed by atoms with van der Waals surface area (Å²) in [6.07, 6.45) is 2.71. The molecule has 1 unspecified atom stereocenters. The number of carbonyl (C=O) groups is 1. The van der Waals surface area contributed by atoms with Gasteiger partial charge in [-0.2, -0.15) is 0 Å². The molecule has 3 N–H and O–H groups in total. The topological polar surface area (TPSA) is 71.2 Å². The Bertz CT molecular complexity index is 407. The highest BCUT2D eigenvalue weighted by molar-refractivity contribution is 5.96. The minimum atomic E-state index is -0.183. The van der Waals surface area contributed by atoms with E-state index < -0.39 is 0 Å². The molecule has 1 aliphatic heterocycles. The van der Waals surface area contributed by atoms with Gasteiger partial charge < -0.3 is 16.0 Å². The van der Waals surface area contributed by atoms with E-state index in [1.54, 1.807) is 18.3 Å². The van der Waals surface area contributed by atoms with Gasteiger partial charge in [0.1, 0.15) is 0 Å². The Balaban J connectivity index is 1.88. The summed E-state index contributed by atoms with van der Waals surface area (Å²) in [4.78, 5) is 18.1. The number of aromatic nitrogens is 1. The molecule has 0 spiro atoms. The van der Waals surface area contributed by atoms with Crippen molar-refractivity contribution in [3.63, 3.8) is 0 Å². The number of rotatable bonds is 3. The molecule has 1 aromatic rings. The molecule has 1 atom stereocenters. The highest BCUT2D eigenvalue weighted by Gasteiger charge is 2.20. The molecule has 92 valence electrons. The number of hydrogen-bond acceptors (Lipinski definition) is 4. The first-order valence-electron chi connectivity index (χ1n) is 5.84. The van der Waals surface area contributed by atoms with Crippen LogP contribution in [0.15, 0.2) is 18.3 Å². The molecular weight excluding hydrogens is 216 g/mol. The zero-order valence-corrected chi connectivity index (χ0v) is 10.0. The quantitative estimate of drug-likeness (QED) is 0.791. The average molecular weight is 234 g/mol. The van der Waals surface area contributed by atoms with E-state index in [9.17, 15) is 4.79 Å². The minimum Gasteiger partial charge on any atom is -0.397 e. The van der Waals surface area contributed by atoms with E-state index in [-0.39, 0.29) is 5.91 Å². The van der Waals surface area contributed by atoms with Crippen molar-refractivity contribution in [2.45, 2.75) is 6.42 Å². The number of nitrogens with one attached hydrogen (secondary N) is 1. The molecular formula is C12H18N4O. The fraction of sp³-hybridized carbons (Fsp3) is 0.500. The molecule has 17 heavy (non-hydrogen) atoms. The summed E-state index contributed by atoms with van der Waals surface area (Å²) in [6.45, 7) is 2.84. The Hall–Kier alpha value is -1.62. The van der Waals surface area contributed by atoms with Crippen LogP contribution in [0.2, 0.25) is 0 Å². The third kappa shape index (κ3) is 2.94. The largest absolute Gasteiger partial charge is 0.397 e. The second-order valence-corrected chi connectivity index (χ2v) is 4.57. The molecule has 1 amide bonds. The number of hydrogen-bond donors (Lipinski definition) is 2. The van der Waals surface area contributed by atoms with Crippen molar-refractivity contribution in [1.29, 1.82) is 0 Å². The Morgan fingerprint density at radius 3 is 3.18 bits per heavy atom. The lowest BCUT2D eigenvalue weighted by Gasteiger charge is -2.11. The molecule has 1 saturated heterocycles. The van der Waals surface area contributed by atoms with Crippen LogP contribution in [0, 0.1) is 5.92 Å². The van der Waals surface area contributed by atoms with Crippen LogP contribution in [0.25, 0.3) is 0 Å². The van der Waals surface area contributed by atoms with E-state index in [0.717, 1.165) is 19.5 Å². The normalized spacial score (nSPS) is 20.4. The van der Waals surface area contributed by atoms with E-state index in [1.165, 1.54) is 0 Å². The number of likely N-dealkylation sites (tertiary alicyclic amines) is 1. The van der Waals surface area contributed by atoms with Crippen molar-refractivity contribution in [3.05, 3.63) is 24.0 Å². The van der Waals surface area contributed by atoms with Crippen molar-refractivity contribution in [1.82, 2.24) is 15.2 Å². The van der Waals surface area contributed by atoms with Crippen LogP contribution in [0.4, 0.5) is 5.69 Å². The fourth-order valence-electron chi connectivity index (χ4n) is 2.12. The molecule has 0 bridgehead atoms. The SMILES string of the molecule is CN1CCC(CNC(=O)c2ncccc2N)C1. The maximum atomic E-state index is 11.8. The van der Waals surface area contributed by atoms with Gasteiger partial charge in [0.05, 0.1) is 5.69 Å². The summed E-state index contributed by atoms with van der Waals surface area (Å²) in [5.41, 5.74) is 6.44. The van der Waals surface area contributed by atoms with Crippen LogP contribution in [-0.2, 0) is 0 Å². The van der Waals surface area contributed by atoms with E-state index >= 15 is 0 Å². The van der Waals surface area contributed by atoms with Gasteiger partial charge in [-0.25, -0.2) is 4.98 Å². The molecule has 1 aromatic heterocycles. The first-order valence-corrected chi connectivity index (χ1v) is 5.84. The number of pyridine rings is 1. The molecule has 5 heteroatoms. The maximum Gasteiger partial charge on any atom is 0.272 e. The highest BCUT2D eigenvalue weighted by atomic mass is 16.1. The predicted molar refractivity (Wildman–Crippen MR) is 66.6 cm³/mol. The van der Waals surface area contributed by atoms with Gasteiger partial charge in [0, 0.05) is 19.3 Å². The van der Waals surface area contributed by atoms with Gasteiger partial charge in [-0.15, -0.1) is 0 Å². The van der Waals surface area contributed by atoms with Crippen molar-refractivity contribution >= 4 is 11.6 Å². The lowest BCUT2D eigenvalue weighted by atomic mass is 10.1. The molecule has 0 aromatic carbocycles. The molecule has 2 rings (SSSR count). The van der Waals surface area contributed by atoms with Gasteiger partial charge >= 0.3 is 0 Å². The summed E-state index contributed by atoms with van der Waals surface area (Å²) in [5.74, 6) is 0.353. The number of nitrogens with zero attached hydrogens (tertiary/aromatic N) is 2. The Kier molecular flexibility index (Phi) is 3.58. The van der Waals surface area contributed by atoms with E-state index in [4.69, 9.17) is 5.73 Å². The second-order valence-electron chi connectivity index (χ2n) is 4.57. The van der Waals surface area contributed by atoms with Gasteiger partial charge in [-0.3, -0.25) is 4.79 Å². The summed E-state index contributed by atoms with van der Waals surface area (Å²) in [6, 6.07) is 3.41. The van der Waals surface area contributed by atoms with Crippen LogP contribution in [-0.4, -0.2) is 42.5 Å². The van der Waals surface area contributed by atoms with Crippen LogP contribution in [0.3, 0.4) is 0 Å². The predicted octanol–water partition coefficient (Wildman–Crippen LogP) is 0.345. The number of carbonyl (C=O) groups excluding carboxylic acids is 1. The third-order valence-electron chi connectivity index (χ3n) is 3.09. The standard InChI is InChI=1S/C12H18N4O/c1-16-6-4-9(8-16)7-15-12(17)11-10(13)3-2-5-14-11/h2-3,5,9H,4,6-8,13H2,1H3,(H,15,17). The molecule has 0 radical (unpaired) electrons. The first-order chi connectivity index (χ1) is 8.16. The molecule has 2 heterocycles. The lowest BCUT2D eigenvalue weighted by molar-refractivity contribution is 0.0943. The minimum absolute atomic E-state index is 0.183. The van der Waals surface area contributed by atoms with Gasteiger partial charge in [0.15, 0.2) is 5.69 Å². The Morgan fingerprint density at radius 1 is 1.71 bits per heavy atom. The summed E-state index contributed by atoms with van der Waals surface area (Å²) in [7, 11) is 2.10. The molecule has 5 nitrogen and oxygen atoms in total. The van der Waals surface area contributed by atoms with Gasteiger partial charge in [0.25, 0.3) is 5.91 Å². The van der Waals surface area contributed by atoms with Crippen molar-refractivity contribution < 1.29 is 4.79 Å². The molecule has 1 fully saturated rings. The number of anilines is 1. The van der Waals surface area contributed by atoms with Crippen LogP contribution in [0.1, 0.15) is 16.9 Å². The summed E-state index contributed by atoms with van der Waals surface area (Å²) >= 11 is 0. The monoisotopic (exact) mass is 234 g/mol. The second kappa shape index (κ2) is 5.14. The Labute approximate surface area is 101 Å². The first kappa shape index (κ1) is 11.9. The fourth-order valence-corrected chi connectivity index (χ4v) is 2.12. The highest BCUT2D eigenvalue weighted by Crippen LogP contribution is 2.13. The average Bonchev–Trinajstić information content (AvgIpc) is 2.73. The number of nitrogens with two attached hydrogens (primary N) is 1. The van der Waals surface area contributed by atoms with Crippen molar-refractivity contribution in [2.24, 2.45) is 5.92 Å². The van der Waals surface area contributed by atoms with Crippen LogP contribution >= 0.6 is 0 Å². The molecule has 0 saturated carbocycles. The number of nitrogen functional groups attached to an aromatic ring is 1. The van der Waals surface area contributed by atoms with Gasteiger partial charge in [-0.05, 0) is 38.1 Å². The molecule has 1 aliphatic rings. The third-order valence-corrected chi connectivity index (χ3v) is 3.09. The van der Waals surface area contributed by atoms with Crippen molar-refractivity contribution in [3.8, 4) is 0 Å². The Morgan fingerprint density at radius 2 is 2.53 bits per heavy atom. The number of amides is 1. The van der Waals surface area contributed by atoms with E-state index in [2.05, 4.69) is 22.2 Å². The van der Waals surface area contributed by atoms with Gasteiger partial charge in [0.2, 0.25) is 0 Å². The van der Waals surface area contributed by atoms with E-state index in [1.807, 2.05) is 0 Å². The summed E-state index contributed by atoms with van der Waals surface area (Å²) in [5, 5.41) is 2.89. The van der Waals surface area contributed by atoms with E-state index in [0.29, 0.717) is 23.8 Å². The maximum absolute atomic E-state index is 11.8. The van der Waals surface area contributed by atoms with Gasteiger partial charge in [-0.1, -0.05) is 0 Å². The van der Waals surface area contributed by atoms with Crippen LogP contribution < -0.4 is 11.1 Å². The lowest BCUT2D eigenvalue weighted by Crippen LogP contribution is -2.31. The molecule has 0 aliphatic carbocycles. The van der Waals surface area contributed by atoms with Crippen LogP contribution in [0.5, 0.6) is 0 Å². The zero-order chi connectivity index (χ0) is 12.3.